The molecule has 0 atom stereocenters. The maximum absolute atomic E-state index is 9.00. The minimum absolute atomic E-state index is 0.833. The SMILES string of the molecule is NC(N)=O.c1ccccc1. The molecule has 0 aliphatic carbocycles. The van der Waals surface area contributed by atoms with Crippen molar-refractivity contribution in [1.29, 1.82) is 0 Å². The molecule has 0 aliphatic heterocycles. The van der Waals surface area contributed by atoms with Crippen LogP contribution < -0.4 is 11.5 Å². The van der Waals surface area contributed by atoms with Crippen LogP contribution in [0.15, 0.2) is 36.4 Å². The van der Waals surface area contributed by atoms with E-state index < -0.39 is 6.03 Å². The molecule has 0 fully saturated rings. The van der Waals surface area contributed by atoms with Gasteiger partial charge in [0.15, 0.2) is 0 Å². The second-order valence-corrected chi connectivity index (χ2v) is 1.56. The van der Waals surface area contributed by atoms with Crippen molar-refractivity contribution in [3.63, 3.8) is 0 Å². The van der Waals surface area contributed by atoms with Gasteiger partial charge in [0.2, 0.25) is 0 Å². The van der Waals surface area contributed by atoms with E-state index in [1.54, 1.807) is 0 Å². The molecule has 0 unspecified atom stereocenters. The molecule has 2 amide bonds. The van der Waals surface area contributed by atoms with E-state index in [1.807, 2.05) is 36.4 Å². The fourth-order valence-corrected chi connectivity index (χ4v) is 0.385. The minimum Gasteiger partial charge on any atom is -0.352 e. The van der Waals surface area contributed by atoms with Crippen molar-refractivity contribution in [3.8, 4) is 0 Å². The number of hydrogen-bond donors (Lipinski definition) is 2. The van der Waals surface area contributed by atoms with E-state index in [0.717, 1.165) is 0 Å². The van der Waals surface area contributed by atoms with E-state index in [9.17, 15) is 0 Å². The lowest BCUT2D eigenvalue weighted by Crippen LogP contribution is -2.18. The molecule has 10 heavy (non-hydrogen) atoms. The summed E-state index contributed by atoms with van der Waals surface area (Å²) in [6.45, 7) is 0. The number of primary amides is 2. The first-order valence-electron chi connectivity index (χ1n) is 2.78. The summed E-state index contributed by atoms with van der Waals surface area (Å²) < 4.78 is 0. The maximum atomic E-state index is 9.00. The summed E-state index contributed by atoms with van der Waals surface area (Å²) in [5, 5.41) is 0. The quantitative estimate of drug-likeness (QED) is 0.544. The van der Waals surface area contributed by atoms with Crippen molar-refractivity contribution in [2.75, 3.05) is 0 Å². The number of amides is 2. The van der Waals surface area contributed by atoms with Crippen LogP contribution in [0.3, 0.4) is 0 Å². The van der Waals surface area contributed by atoms with Crippen LogP contribution in [0.5, 0.6) is 0 Å². The van der Waals surface area contributed by atoms with Gasteiger partial charge in [0.1, 0.15) is 0 Å². The van der Waals surface area contributed by atoms with Crippen molar-refractivity contribution in [1.82, 2.24) is 0 Å². The molecule has 1 aromatic carbocycles. The van der Waals surface area contributed by atoms with E-state index in [1.165, 1.54) is 0 Å². The van der Waals surface area contributed by atoms with Crippen LogP contribution in [0.25, 0.3) is 0 Å². The second kappa shape index (κ2) is 5.62. The Morgan fingerprint density at radius 1 is 0.800 bits per heavy atom. The Morgan fingerprint density at radius 3 is 1.00 bits per heavy atom. The van der Waals surface area contributed by atoms with Crippen molar-refractivity contribution < 1.29 is 4.79 Å². The Balaban J connectivity index is 0.000000180. The van der Waals surface area contributed by atoms with Crippen molar-refractivity contribution in [2.24, 2.45) is 11.5 Å². The normalized spacial score (nSPS) is 7.20. The average molecular weight is 138 g/mol. The van der Waals surface area contributed by atoms with Gasteiger partial charge in [0, 0.05) is 0 Å². The number of urea groups is 1. The Labute approximate surface area is 59.6 Å². The first-order chi connectivity index (χ1) is 4.73. The van der Waals surface area contributed by atoms with Gasteiger partial charge in [0.05, 0.1) is 0 Å². The molecule has 1 rings (SSSR count). The third-order valence-corrected chi connectivity index (χ3v) is 0.667. The van der Waals surface area contributed by atoms with Gasteiger partial charge in [-0.3, -0.25) is 0 Å². The molecule has 0 bridgehead atoms. The van der Waals surface area contributed by atoms with E-state index in [-0.39, 0.29) is 0 Å². The molecule has 0 heterocycles. The first kappa shape index (κ1) is 8.49. The summed E-state index contributed by atoms with van der Waals surface area (Å²) >= 11 is 0. The number of carbonyl (C=O) groups excluding carboxylic acids is 1. The summed E-state index contributed by atoms with van der Waals surface area (Å²) in [6, 6.07) is 11.2. The summed E-state index contributed by atoms with van der Waals surface area (Å²) in [5.74, 6) is 0. The van der Waals surface area contributed by atoms with Gasteiger partial charge in [0.25, 0.3) is 0 Å². The van der Waals surface area contributed by atoms with Crippen molar-refractivity contribution >= 4 is 6.03 Å². The Bertz CT molecular complexity index is 144. The van der Waals surface area contributed by atoms with Crippen LogP contribution in [0, 0.1) is 0 Å². The number of rotatable bonds is 0. The predicted molar refractivity (Wildman–Crippen MR) is 40.2 cm³/mol. The second-order valence-electron chi connectivity index (χ2n) is 1.56. The van der Waals surface area contributed by atoms with Crippen LogP contribution in [-0.2, 0) is 0 Å². The van der Waals surface area contributed by atoms with Crippen molar-refractivity contribution in [2.45, 2.75) is 0 Å². The van der Waals surface area contributed by atoms with Gasteiger partial charge in [-0.2, -0.15) is 0 Å². The molecular weight excluding hydrogens is 128 g/mol. The highest BCUT2D eigenvalue weighted by Crippen LogP contribution is 1.79. The first-order valence-corrected chi connectivity index (χ1v) is 2.78. The summed E-state index contributed by atoms with van der Waals surface area (Å²) in [4.78, 5) is 9.00. The van der Waals surface area contributed by atoms with Gasteiger partial charge in [-0.05, 0) is 0 Å². The third kappa shape index (κ3) is 9.70. The highest BCUT2D eigenvalue weighted by Gasteiger charge is 1.60. The van der Waals surface area contributed by atoms with Crippen LogP contribution in [-0.4, -0.2) is 6.03 Å². The van der Waals surface area contributed by atoms with Gasteiger partial charge in [-0.15, -0.1) is 0 Å². The number of benzene rings is 1. The molecule has 0 aliphatic rings. The van der Waals surface area contributed by atoms with E-state index in [0.29, 0.717) is 0 Å². The lowest BCUT2D eigenvalue weighted by atomic mass is 10.4. The van der Waals surface area contributed by atoms with Gasteiger partial charge >= 0.3 is 6.03 Å². The van der Waals surface area contributed by atoms with E-state index in [4.69, 9.17) is 4.79 Å². The Kier molecular flexibility index (Phi) is 4.77. The summed E-state index contributed by atoms with van der Waals surface area (Å²) in [6.07, 6.45) is 0. The third-order valence-electron chi connectivity index (χ3n) is 0.667. The minimum atomic E-state index is -0.833. The number of carbonyl (C=O) groups is 1. The fourth-order valence-electron chi connectivity index (χ4n) is 0.385. The summed E-state index contributed by atoms with van der Waals surface area (Å²) in [5.41, 5.74) is 8.50. The van der Waals surface area contributed by atoms with E-state index in [2.05, 4.69) is 11.5 Å². The maximum Gasteiger partial charge on any atom is 0.309 e. The van der Waals surface area contributed by atoms with Gasteiger partial charge in [-0.25, -0.2) is 4.79 Å². The molecule has 3 nitrogen and oxygen atoms in total. The Morgan fingerprint density at radius 2 is 0.900 bits per heavy atom. The van der Waals surface area contributed by atoms with Crippen molar-refractivity contribution in [3.05, 3.63) is 36.4 Å². The average Bonchev–Trinajstić information content (AvgIpc) is 1.90. The molecule has 4 N–H and O–H groups in total. The molecule has 0 aromatic heterocycles. The van der Waals surface area contributed by atoms with Crippen LogP contribution in [0.4, 0.5) is 4.79 Å². The Hall–Kier alpha value is -1.51. The topological polar surface area (TPSA) is 69.1 Å². The number of nitrogens with two attached hydrogens (primary N) is 2. The van der Waals surface area contributed by atoms with Crippen LogP contribution in [0.1, 0.15) is 0 Å². The van der Waals surface area contributed by atoms with Crippen LogP contribution >= 0.6 is 0 Å². The molecule has 0 saturated heterocycles. The smallest absolute Gasteiger partial charge is 0.309 e. The highest BCUT2D eigenvalue weighted by molar-refractivity contribution is 5.69. The largest absolute Gasteiger partial charge is 0.352 e. The molecular formula is C7H10N2O. The fraction of sp³-hybridized carbons (Fsp3) is 0. The number of hydrogen-bond acceptors (Lipinski definition) is 1. The van der Waals surface area contributed by atoms with E-state index >= 15 is 0 Å². The zero-order valence-corrected chi connectivity index (χ0v) is 5.53. The molecule has 1 aromatic rings. The highest BCUT2D eigenvalue weighted by atomic mass is 16.2. The monoisotopic (exact) mass is 138 g/mol. The van der Waals surface area contributed by atoms with Gasteiger partial charge < -0.3 is 11.5 Å². The predicted octanol–water partition coefficient (Wildman–Crippen LogP) is 0.710. The molecule has 54 valence electrons. The zero-order valence-electron chi connectivity index (χ0n) is 5.53. The lowest BCUT2D eigenvalue weighted by Gasteiger charge is -1.69. The summed E-state index contributed by atoms with van der Waals surface area (Å²) in [7, 11) is 0. The zero-order chi connectivity index (χ0) is 7.82. The lowest BCUT2D eigenvalue weighted by molar-refractivity contribution is 0.256. The molecule has 0 spiro atoms. The standard InChI is InChI=1S/C6H6.CH4N2O/c1-2-4-6-5-3-1;2-1(3)4/h1-6H;(H4,2,3,4). The van der Waals surface area contributed by atoms with Crippen LogP contribution in [0.2, 0.25) is 0 Å². The molecule has 0 radical (unpaired) electrons. The molecule has 0 saturated carbocycles. The molecule has 3 heteroatoms. The van der Waals surface area contributed by atoms with Gasteiger partial charge in [-0.1, -0.05) is 36.4 Å².